The van der Waals surface area contributed by atoms with E-state index in [0.29, 0.717) is 65.5 Å². The number of carbonyl (C=O) groups excluding carboxylic acids is 2. The topological polar surface area (TPSA) is 93.5 Å². The van der Waals surface area contributed by atoms with Crippen LogP contribution in [0, 0.1) is 0 Å². The fraction of sp³-hybridized carbons (Fsp3) is 0.333. The molecule has 4 heterocycles. The van der Waals surface area contributed by atoms with Gasteiger partial charge in [-0.25, -0.2) is 0 Å². The summed E-state index contributed by atoms with van der Waals surface area (Å²) in [5.74, 6) is 1.50. The molecule has 0 fully saturated rings. The molecule has 0 radical (unpaired) electrons. The van der Waals surface area contributed by atoms with Crippen LogP contribution in [-0.2, 0) is 25.9 Å². The maximum Gasteiger partial charge on any atom is 0.264 e. The van der Waals surface area contributed by atoms with Gasteiger partial charge in [-0.3, -0.25) is 14.5 Å². The molecular formula is C45H49N3O6Si. The zero-order valence-corrected chi connectivity index (χ0v) is 33.5. The Morgan fingerprint density at radius 2 is 1.49 bits per heavy atom. The maximum absolute atomic E-state index is 15.1. The molecule has 55 heavy (non-hydrogen) atoms. The van der Waals surface area contributed by atoms with E-state index >= 15 is 4.79 Å². The summed E-state index contributed by atoms with van der Waals surface area (Å²) in [6.45, 7) is 14.2. The van der Waals surface area contributed by atoms with Crippen LogP contribution in [0.1, 0.15) is 71.7 Å². The predicted octanol–water partition coefficient (Wildman–Crippen LogP) is 9.14. The molecule has 9 nitrogen and oxygen atoms in total. The van der Waals surface area contributed by atoms with Gasteiger partial charge in [0.1, 0.15) is 5.75 Å². The van der Waals surface area contributed by atoms with Crippen molar-refractivity contribution in [3.05, 3.63) is 125 Å². The number of fused-ring (bicyclic) bond motifs is 3. The Labute approximate surface area is 324 Å². The second-order valence-corrected chi connectivity index (χ2v) is 21.3. The van der Waals surface area contributed by atoms with E-state index in [2.05, 4.69) is 57.5 Å². The molecule has 0 saturated heterocycles. The summed E-state index contributed by atoms with van der Waals surface area (Å²) in [7, 11) is -2.08. The molecule has 1 unspecified atom stereocenters. The van der Waals surface area contributed by atoms with Gasteiger partial charge in [0.25, 0.3) is 11.8 Å². The highest BCUT2D eigenvalue weighted by Gasteiger charge is 2.39. The Kier molecular flexibility index (Phi) is 9.37. The van der Waals surface area contributed by atoms with E-state index < -0.39 is 14.4 Å². The number of aliphatic hydroxyl groups is 1. The molecule has 2 amide bonds. The van der Waals surface area contributed by atoms with Gasteiger partial charge in [-0.05, 0) is 104 Å². The lowest BCUT2D eigenvalue weighted by Gasteiger charge is -2.36. The Morgan fingerprint density at radius 1 is 0.836 bits per heavy atom. The molecule has 0 saturated carbocycles. The summed E-state index contributed by atoms with van der Waals surface area (Å²) < 4.78 is 20.3. The van der Waals surface area contributed by atoms with Gasteiger partial charge in [-0.1, -0.05) is 63.2 Å². The average Bonchev–Trinajstić information content (AvgIpc) is 3.78. The lowest BCUT2D eigenvalue weighted by Crippen LogP contribution is -2.43. The van der Waals surface area contributed by atoms with Gasteiger partial charge in [0.05, 0.1) is 17.2 Å². The van der Waals surface area contributed by atoms with Crippen molar-refractivity contribution < 1.29 is 28.6 Å². The normalized spacial score (nSPS) is 17.7. The summed E-state index contributed by atoms with van der Waals surface area (Å²) in [5, 5.41) is 11.0. The number of hydrogen-bond acceptors (Lipinski definition) is 6. The third-order valence-electron chi connectivity index (χ3n) is 11.8. The molecule has 1 aromatic heterocycles. The Bertz CT molecular complexity index is 2260. The zero-order chi connectivity index (χ0) is 38.6. The SMILES string of the molecule is C[C@@H]1Cc2ccccc2CN1C(=O)c1cc2c(cc1-c1cc(C(=O)N(c3ccccc3)c3ccc(O[Si](C)(C)C(C)(C)C)cc3)c3n1CCC(O)C3)OCO2. The highest BCUT2D eigenvalue weighted by molar-refractivity contribution is 6.74. The van der Waals surface area contributed by atoms with Crippen molar-refractivity contribution in [1.82, 2.24) is 9.47 Å². The zero-order valence-electron chi connectivity index (χ0n) is 32.5. The quantitative estimate of drug-likeness (QED) is 0.167. The Hall–Kier alpha value is -5.32. The van der Waals surface area contributed by atoms with Crippen LogP contribution in [-0.4, -0.2) is 53.6 Å². The van der Waals surface area contributed by atoms with Gasteiger partial charge < -0.3 is 28.5 Å². The number of carbonyl (C=O) groups is 2. The highest BCUT2D eigenvalue weighted by Crippen LogP contribution is 2.43. The van der Waals surface area contributed by atoms with E-state index in [-0.39, 0.29) is 29.7 Å². The van der Waals surface area contributed by atoms with Crippen molar-refractivity contribution in [2.24, 2.45) is 0 Å². The molecule has 0 bridgehead atoms. The second-order valence-electron chi connectivity index (χ2n) is 16.5. The number of amides is 2. The third kappa shape index (κ3) is 6.82. The van der Waals surface area contributed by atoms with Crippen molar-refractivity contribution in [3.63, 3.8) is 0 Å². The summed E-state index contributed by atoms with van der Waals surface area (Å²) >= 11 is 0. The summed E-state index contributed by atoms with van der Waals surface area (Å²) in [6, 6.07) is 31.1. The molecule has 3 aliphatic heterocycles. The molecule has 1 N–H and O–H groups in total. The summed E-state index contributed by atoms with van der Waals surface area (Å²) in [5.41, 5.74) is 6.87. The third-order valence-corrected chi connectivity index (χ3v) is 16.2. The van der Waals surface area contributed by atoms with Gasteiger partial charge in [0, 0.05) is 53.9 Å². The molecule has 2 atom stereocenters. The Morgan fingerprint density at radius 3 is 2.20 bits per heavy atom. The van der Waals surface area contributed by atoms with Crippen LogP contribution in [0.25, 0.3) is 11.3 Å². The van der Waals surface area contributed by atoms with Crippen molar-refractivity contribution in [3.8, 4) is 28.5 Å². The monoisotopic (exact) mass is 755 g/mol. The van der Waals surface area contributed by atoms with Gasteiger partial charge in [0.2, 0.25) is 15.1 Å². The van der Waals surface area contributed by atoms with Gasteiger partial charge in [-0.15, -0.1) is 0 Å². The van der Waals surface area contributed by atoms with Crippen LogP contribution in [0.2, 0.25) is 18.1 Å². The highest BCUT2D eigenvalue weighted by atomic mass is 28.4. The number of ether oxygens (including phenoxy) is 2. The molecule has 10 heteroatoms. The minimum Gasteiger partial charge on any atom is -0.544 e. The smallest absolute Gasteiger partial charge is 0.264 e. The number of nitrogens with zero attached hydrogens (tertiary/aromatic N) is 3. The maximum atomic E-state index is 15.1. The number of benzene rings is 4. The van der Waals surface area contributed by atoms with E-state index in [1.165, 1.54) is 5.56 Å². The first-order chi connectivity index (χ1) is 26.3. The number of hydrogen-bond donors (Lipinski definition) is 1. The molecule has 0 aliphatic carbocycles. The van der Waals surface area contributed by atoms with E-state index in [0.717, 1.165) is 29.1 Å². The van der Waals surface area contributed by atoms with Gasteiger partial charge in [0.15, 0.2) is 11.5 Å². The van der Waals surface area contributed by atoms with Crippen LogP contribution < -0.4 is 18.8 Å². The van der Waals surface area contributed by atoms with Gasteiger partial charge in [-0.2, -0.15) is 0 Å². The first-order valence-electron chi connectivity index (χ1n) is 19.2. The van der Waals surface area contributed by atoms with Crippen molar-refractivity contribution >= 4 is 31.5 Å². The van der Waals surface area contributed by atoms with Crippen molar-refractivity contribution in [2.75, 3.05) is 11.7 Å². The van der Waals surface area contributed by atoms with E-state index in [1.54, 1.807) is 11.0 Å². The van der Waals surface area contributed by atoms with Crippen LogP contribution >= 0.6 is 0 Å². The average molecular weight is 756 g/mol. The molecule has 4 aromatic carbocycles. The fourth-order valence-electron chi connectivity index (χ4n) is 7.70. The molecule has 5 aromatic rings. The van der Waals surface area contributed by atoms with Crippen molar-refractivity contribution in [2.45, 2.75) is 90.3 Å². The fourth-order valence-corrected chi connectivity index (χ4v) is 8.74. The number of anilines is 2. The first kappa shape index (κ1) is 36.6. The molecule has 284 valence electrons. The largest absolute Gasteiger partial charge is 0.544 e. The van der Waals surface area contributed by atoms with Crippen LogP contribution in [0.5, 0.6) is 17.2 Å². The van der Waals surface area contributed by atoms with Crippen molar-refractivity contribution in [1.29, 1.82) is 0 Å². The molecular weight excluding hydrogens is 707 g/mol. The standard InChI is InChI=1S/C45H49N3O6Si/c1-29-22-30-12-10-11-13-31(30)27-47(29)43(50)37-26-42-41(52-28-53-42)25-36(37)40-24-38(39-23-34(49)20-21-46(39)40)44(51)48(32-14-8-7-9-15-32)33-16-18-35(19-17-33)54-55(5,6)45(2,3)4/h7-19,24-26,29,34,49H,20-23,27-28H2,1-6H3/t29-,34?/m1/s1. The van der Waals surface area contributed by atoms with E-state index in [9.17, 15) is 9.90 Å². The second kappa shape index (κ2) is 14.1. The van der Waals surface area contributed by atoms with Gasteiger partial charge >= 0.3 is 0 Å². The Balaban J connectivity index is 1.22. The summed E-state index contributed by atoms with van der Waals surface area (Å²) in [4.78, 5) is 33.5. The van der Waals surface area contributed by atoms with E-state index in [4.69, 9.17) is 13.9 Å². The minimum absolute atomic E-state index is 0.0210. The van der Waals surface area contributed by atoms with E-state index in [1.807, 2.05) is 83.8 Å². The van der Waals surface area contributed by atoms with Crippen LogP contribution in [0.4, 0.5) is 11.4 Å². The predicted molar refractivity (Wildman–Crippen MR) is 217 cm³/mol. The molecule has 8 rings (SSSR count). The summed E-state index contributed by atoms with van der Waals surface area (Å²) in [6.07, 6.45) is 0.980. The number of aliphatic hydroxyl groups excluding tert-OH is 1. The number of aromatic nitrogens is 1. The van der Waals surface area contributed by atoms with Crippen LogP contribution in [0.3, 0.4) is 0 Å². The first-order valence-corrected chi connectivity index (χ1v) is 22.1. The molecule has 0 spiro atoms. The van der Waals surface area contributed by atoms with Crippen LogP contribution in [0.15, 0.2) is 97.1 Å². The number of para-hydroxylation sites is 1. The number of rotatable bonds is 7. The lowest BCUT2D eigenvalue weighted by atomic mass is 9.93. The lowest BCUT2D eigenvalue weighted by molar-refractivity contribution is 0.0658. The minimum atomic E-state index is -2.08. The molecule has 3 aliphatic rings.